The van der Waals surface area contributed by atoms with Crippen LogP contribution in [-0.4, -0.2) is 17.8 Å². The molecule has 1 nitrogen and oxygen atoms in total. The van der Waals surface area contributed by atoms with Crippen LogP contribution >= 0.6 is 0 Å². The van der Waals surface area contributed by atoms with Crippen LogP contribution in [0, 0.1) is 5.92 Å². The Labute approximate surface area is 50.3 Å². The van der Waals surface area contributed by atoms with Crippen LogP contribution in [-0.2, 0) is 0 Å². The van der Waals surface area contributed by atoms with Gasteiger partial charge in [0.05, 0.1) is 5.92 Å². The van der Waals surface area contributed by atoms with Gasteiger partial charge in [0, 0.05) is 5.57 Å². The zero-order valence-corrected chi connectivity index (χ0v) is 5.68. The van der Waals surface area contributed by atoms with Crippen molar-refractivity contribution in [1.82, 2.24) is 0 Å². The molecule has 0 saturated carbocycles. The number of rotatable bonds is 0. The van der Waals surface area contributed by atoms with Crippen molar-refractivity contribution < 1.29 is 4.58 Å². The van der Waals surface area contributed by atoms with E-state index in [-0.39, 0.29) is 0 Å². The molecule has 1 aliphatic rings. The molecule has 0 spiro atoms. The van der Waals surface area contributed by atoms with Gasteiger partial charge in [-0.2, -0.15) is 0 Å². The standard InChI is InChI=1S/C7H12N/c1-6-4-8(3)5-7(6)2/h4-6H,1-3H3/q+1. The molecule has 1 heterocycles. The van der Waals surface area contributed by atoms with Crippen LogP contribution in [0.3, 0.4) is 0 Å². The zero-order valence-electron chi connectivity index (χ0n) is 5.68. The Kier molecular flexibility index (Phi) is 1.20. The van der Waals surface area contributed by atoms with E-state index >= 15 is 0 Å². The predicted molar refractivity (Wildman–Crippen MR) is 35.2 cm³/mol. The molecule has 0 aliphatic carbocycles. The molecule has 44 valence electrons. The fraction of sp³-hybridized carbons (Fsp3) is 0.571. The van der Waals surface area contributed by atoms with Gasteiger partial charge in [0.2, 0.25) is 0 Å². The van der Waals surface area contributed by atoms with Gasteiger partial charge < -0.3 is 0 Å². The highest BCUT2D eigenvalue weighted by Crippen LogP contribution is 2.10. The average Bonchev–Trinajstić information content (AvgIpc) is 1.85. The van der Waals surface area contributed by atoms with E-state index in [1.165, 1.54) is 5.57 Å². The molecule has 1 atom stereocenters. The van der Waals surface area contributed by atoms with E-state index in [0.29, 0.717) is 5.92 Å². The van der Waals surface area contributed by atoms with E-state index in [1.807, 2.05) is 0 Å². The number of nitrogens with zero attached hydrogens (tertiary/aromatic N) is 1. The summed E-state index contributed by atoms with van der Waals surface area (Å²) in [5.41, 5.74) is 1.45. The monoisotopic (exact) mass is 110 g/mol. The van der Waals surface area contributed by atoms with Crippen molar-refractivity contribution in [3.8, 4) is 0 Å². The molecule has 0 radical (unpaired) electrons. The molecule has 1 rings (SSSR count). The normalized spacial score (nSPS) is 27.6. The van der Waals surface area contributed by atoms with Crippen molar-refractivity contribution in [3.05, 3.63) is 11.8 Å². The summed E-state index contributed by atoms with van der Waals surface area (Å²) in [6, 6.07) is 0. The second-order valence-electron chi connectivity index (χ2n) is 2.48. The molecular formula is C7H12N+. The van der Waals surface area contributed by atoms with Gasteiger partial charge in [0.25, 0.3) is 0 Å². The Balaban J connectivity index is 2.78. The lowest BCUT2D eigenvalue weighted by molar-refractivity contribution is -0.414. The molecule has 0 amide bonds. The molecule has 0 bridgehead atoms. The first kappa shape index (κ1) is 5.54. The highest BCUT2D eigenvalue weighted by Gasteiger charge is 2.13. The Morgan fingerprint density at radius 2 is 2.25 bits per heavy atom. The second-order valence-corrected chi connectivity index (χ2v) is 2.48. The molecular weight excluding hydrogens is 98.1 g/mol. The summed E-state index contributed by atoms with van der Waals surface area (Å²) in [6.45, 7) is 4.36. The van der Waals surface area contributed by atoms with Gasteiger partial charge in [-0.1, -0.05) is 0 Å². The highest BCUT2D eigenvalue weighted by molar-refractivity contribution is 5.61. The largest absolute Gasteiger partial charge is 0.211 e. The lowest BCUT2D eigenvalue weighted by Gasteiger charge is -1.88. The fourth-order valence-corrected chi connectivity index (χ4v) is 0.952. The van der Waals surface area contributed by atoms with E-state index in [9.17, 15) is 0 Å². The highest BCUT2D eigenvalue weighted by atomic mass is 14.9. The summed E-state index contributed by atoms with van der Waals surface area (Å²) in [5, 5.41) is 0. The minimum atomic E-state index is 0.653. The lowest BCUT2D eigenvalue weighted by Crippen LogP contribution is -1.96. The smallest absolute Gasteiger partial charge is 0.167 e. The Hall–Kier alpha value is -0.590. The maximum Gasteiger partial charge on any atom is 0.167 e. The van der Waals surface area contributed by atoms with E-state index in [0.717, 1.165) is 0 Å². The van der Waals surface area contributed by atoms with Crippen LogP contribution < -0.4 is 0 Å². The summed E-state index contributed by atoms with van der Waals surface area (Å²) in [4.78, 5) is 0. The quantitative estimate of drug-likeness (QED) is 0.413. The Morgan fingerprint density at radius 3 is 2.38 bits per heavy atom. The molecule has 8 heavy (non-hydrogen) atoms. The Morgan fingerprint density at radius 1 is 1.62 bits per heavy atom. The first-order valence-electron chi connectivity index (χ1n) is 2.95. The van der Waals surface area contributed by atoms with Crippen LogP contribution in [0.5, 0.6) is 0 Å². The minimum absolute atomic E-state index is 0.653. The van der Waals surface area contributed by atoms with Crippen molar-refractivity contribution in [2.75, 3.05) is 7.05 Å². The summed E-state index contributed by atoms with van der Waals surface area (Å²) < 4.78 is 2.11. The number of hydrogen-bond donors (Lipinski definition) is 0. The predicted octanol–water partition coefficient (Wildman–Crippen LogP) is 1.25. The summed E-state index contributed by atoms with van der Waals surface area (Å²) in [7, 11) is 2.06. The molecule has 1 aliphatic heterocycles. The van der Waals surface area contributed by atoms with Gasteiger partial charge in [0.1, 0.15) is 7.05 Å². The molecule has 1 heteroatoms. The third-order valence-corrected chi connectivity index (χ3v) is 1.58. The van der Waals surface area contributed by atoms with Crippen molar-refractivity contribution in [1.29, 1.82) is 0 Å². The van der Waals surface area contributed by atoms with Crippen LogP contribution in [0.2, 0.25) is 0 Å². The first-order chi connectivity index (χ1) is 3.70. The Bertz CT molecular complexity index is 154. The first-order valence-corrected chi connectivity index (χ1v) is 2.95. The van der Waals surface area contributed by atoms with Crippen LogP contribution in [0.25, 0.3) is 0 Å². The molecule has 0 fully saturated rings. The molecule has 0 aromatic carbocycles. The zero-order chi connectivity index (χ0) is 6.15. The third-order valence-electron chi connectivity index (χ3n) is 1.58. The topological polar surface area (TPSA) is 3.01 Å². The summed E-state index contributed by atoms with van der Waals surface area (Å²) >= 11 is 0. The number of allylic oxidation sites excluding steroid dienone is 1. The van der Waals surface area contributed by atoms with Gasteiger partial charge in [-0.05, 0) is 13.8 Å². The van der Waals surface area contributed by atoms with E-state index in [2.05, 4.69) is 37.9 Å². The maximum atomic E-state index is 2.20. The van der Waals surface area contributed by atoms with Crippen LogP contribution in [0.1, 0.15) is 13.8 Å². The van der Waals surface area contributed by atoms with E-state index in [1.54, 1.807) is 0 Å². The molecule has 0 saturated heterocycles. The van der Waals surface area contributed by atoms with E-state index < -0.39 is 0 Å². The van der Waals surface area contributed by atoms with Crippen molar-refractivity contribution in [2.45, 2.75) is 13.8 Å². The van der Waals surface area contributed by atoms with Crippen LogP contribution in [0.15, 0.2) is 11.8 Å². The van der Waals surface area contributed by atoms with Crippen molar-refractivity contribution >= 4 is 6.21 Å². The molecule has 0 aromatic rings. The average molecular weight is 110 g/mol. The van der Waals surface area contributed by atoms with Crippen LogP contribution in [0.4, 0.5) is 0 Å². The third kappa shape index (κ3) is 0.808. The van der Waals surface area contributed by atoms with Crippen molar-refractivity contribution in [2.24, 2.45) is 5.92 Å². The van der Waals surface area contributed by atoms with E-state index in [4.69, 9.17) is 0 Å². The molecule has 1 unspecified atom stereocenters. The van der Waals surface area contributed by atoms with Crippen molar-refractivity contribution in [3.63, 3.8) is 0 Å². The molecule has 0 N–H and O–H groups in total. The minimum Gasteiger partial charge on any atom is -0.211 e. The van der Waals surface area contributed by atoms with Gasteiger partial charge in [-0.3, -0.25) is 0 Å². The maximum absolute atomic E-state index is 2.20. The van der Waals surface area contributed by atoms with Gasteiger partial charge in [-0.25, -0.2) is 4.58 Å². The van der Waals surface area contributed by atoms with Gasteiger partial charge >= 0.3 is 0 Å². The lowest BCUT2D eigenvalue weighted by atomic mass is 10.1. The molecule has 0 aromatic heterocycles. The summed E-state index contributed by atoms with van der Waals surface area (Å²) in [6.07, 6.45) is 4.36. The second kappa shape index (κ2) is 1.73. The van der Waals surface area contributed by atoms with Gasteiger partial charge in [0.15, 0.2) is 12.4 Å². The summed E-state index contributed by atoms with van der Waals surface area (Å²) in [5.74, 6) is 0.653. The van der Waals surface area contributed by atoms with Gasteiger partial charge in [-0.15, -0.1) is 0 Å². The SMILES string of the molecule is CC1=C[N+](C)=CC1C. The fourth-order valence-electron chi connectivity index (χ4n) is 0.952. The number of hydrogen-bond acceptors (Lipinski definition) is 0.